The van der Waals surface area contributed by atoms with Crippen molar-refractivity contribution in [2.24, 2.45) is 7.05 Å². The maximum Gasteiger partial charge on any atom is 0.253 e. The summed E-state index contributed by atoms with van der Waals surface area (Å²) in [5.74, 6) is 0.0396. The van der Waals surface area contributed by atoms with Crippen molar-refractivity contribution in [2.45, 2.75) is 12.6 Å². The molecule has 1 aliphatic heterocycles. The first-order valence-electron chi connectivity index (χ1n) is 8.30. The highest BCUT2D eigenvalue weighted by atomic mass is 16.5. The lowest BCUT2D eigenvalue weighted by Gasteiger charge is -2.36. The molecule has 0 unspecified atom stereocenters. The molecule has 3 rings (SSSR count). The van der Waals surface area contributed by atoms with E-state index in [9.17, 15) is 4.79 Å². The normalized spacial score (nSPS) is 18.5. The summed E-state index contributed by atoms with van der Waals surface area (Å²) < 4.78 is 7.86. The van der Waals surface area contributed by atoms with Gasteiger partial charge in [-0.15, -0.1) is 0 Å². The Morgan fingerprint density at radius 3 is 2.83 bits per heavy atom. The van der Waals surface area contributed by atoms with E-state index in [-0.39, 0.29) is 11.9 Å². The summed E-state index contributed by atoms with van der Waals surface area (Å²) >= 11 is 0. The average Bonchev–Trinajstić information content (AvgIpc) is 3.01. The second-order valence-electron chi connectivity index (χ2n) is 6.51. The highest BCUT2D eigenvalue weighted by Crippen LogP contribution is 2.26. The molecule has 0 bridgehead atoms. The van der Waals surface area contributed by atoms with Crippen LogP contribution in [0.5, 0.6) is 0 Å². The third-order valence-electron chi connectivity index (χ3n) is 4.53. The van der Waals surface area contributed by atoms with Crippen molar-refractivity contribution in [3.8, 4) is 0 Å². The van der Waals surface area contributed by atoms with Gasteiger partial charge in [0.25, 0.3) is 5.91 Å². The van der Waals surface area contributed by atoms with Crippen LogP contribution < -0.4 is 0 Å². The third-order valence-corrected chi connectivity index (χ3v) is 4.53. The zero-order chi connectivity index (χ0) is 17.1. The molecule has 2 heterocycles. The van der Waals surface area contributed by atoms with Crippen LogP contribution >= 0.6 is 0 Å². The van der Waals surface area contributed by atoms with E-state index in [0.29, 0.717) is 6.61 Å². The lowest BCUT2D eigenvalue weighted by Crippen LogP contribution is -2.39. The summed E-state index contributed by atoms with van der Waals surface area (Å²) in [7, 11) is 5.63. The van der Waals surface area contributed by atoms with Crippen molar-refractivity contribution < 1.29 is 9.53 Å². The van der Waals surface area contributed by atoms with Crippen LogP contribution in [0.2, 0.25) is 0 Å². The smallest absolute Gasteiger partial charge is 0.253 e. The van der Waals surface area contributed by atoms with E-state index in [0.717, 1.165) is 30.8 Å². The second-order valence-corrected chi connectivity index (χ2v) is 6.51. The van der Waals surface area contributed by atoms with Gasteiger partial charge in [-0.05, 0) is 29.8 Å². The molecular weight excluding hydrogens is 302 g/mol. The number of carbonyl (C=O) groups is 1. The van der Waals surface area contributed by atoms with Gasteiger partial charge in [-0.3, -0.25) is 9.69 Å². The minimum atomic E-state index is 0.0396. The SMILES string of the molecule is CN(C)C(=O)c1cccc(CN2CCOC[C@H]2c2cccn2C)c1. The van der Waals surface area contributed by atoms with Gasteiger partial charge in [-0.2, -0.15) is 0 Å². The van der Waals surface area contributed by atoms with Crippen LogP contribution in [0.15, 0.2) is 42.6 Å². The molecule has 1 aromatic carbocycles. The van der Waals surface area contributed by atoms with Crippen molar-refractivity contribution >= 4 is 5.91 Å². The maximum atomic E-state index is 12.2. The van der Waals surface area contributed by atoms with Crippen LogP contribution in [0.1, 0.15) is 27.7 Å². The van der Waals surface area contributed by atoms with E-state index in [1.165, 1.54) is 5.69 Å². The van der Waals surface area contributed by atoms with Crippen LogP contribution in [0.3, 0.4) is 0 Å². The zero-order valence-corrected chi connectivity index (χ0v) is 14.6. The Kier molecular flexibility index (Phi) is 5.02. The molecule has 1 aliphatic rings. The first-order chi connectivity index (χ1) is 11.6. The molecule has 0 radical (unpaired) electrons. The predicted molar refractivity (Wildman–Crippen MR) is 93.8 cm³/mol. The minimum absolute atomic E-state index is 0.0396. The first kappa shape index (κ1) is 16.7. The van der Waals surface area contributed by atoms with Crippen molar-refractivity contribution in [3.63, 3.8) is 0 Å². The maximum absolute atomic E-state index is 12.2. The predicted octanol–water partition coefficient (Wildman–Crippen LogP) is 2.30. The first-order valence-corrected chi connectivity index (χ1v) is 8.30. The Labute approximate surface area is 143 Å². The fourth-order valence-electron chi connectivity index (χ4n) is 3.22. The van der Waals surface area contributed by atoms with Crippen molar-refractivity contribution in [1.82, 2.24) is 14.4 Å². The number of morpholine rings is 1. The zero-order valence-electron chi connectivity index (χ0n) is 14.6. The molecule has 0 saturated carbocycles. The van der Waals surface area contributed by atoms with Gasteiger partial charge in [0.05, 0.1) is 19.3 Å². The monoisotopic (exact) mass is 327 g/mol. The molecule has 1 amide bonds. The summed E-state index contributed by atoms with van der Waals surface area (Å²) in [5, 5.41) is 0. The number of hydrogen-bond acceptors (Lipinski definition) is 3. The van der Waals surface area contributed by atoms with Gasteiger partial charge in [0.1, 0.15) is 0 Å². The van der Waals surface area contributed by atoms with Gasteiger partial charge in [0.15, 0.2) is 0 Å². The fraction of sp³-hybridized carbons (Fsp3) is 0.421. The Hall–Kier alpha value is -2.11. The van der Waals surface area contributed by atoms with Crippen LogP contribution in [-0.4, -0.2) is 54.1 Å². The Morgan fingerprint density at radius 1 is 1.29 bits per heavy atom. The van der Waals surface area contributed by atoms with Gasteiger partial charge >= 0.3 is 0 Å². The number of ether oxygens (including phenoxy) is 1. The van der Waals surface area contributed by atoms with Crippen LogP contribution in [-0.2, 0) is 18.3 Å². The number of benzene rings is 1. The van der Waals surface area contributed by atoms with E-state index in [4.69, 9.17) is 4.74 Å². The van der Waals surface area contributed by atoms with Crippen LogP contribution in [0.4, 0.5) is 0 Å². The van der Waals surface area contributed by atoms with Crippen LogP contribution in [0.25, 0.3) is 0 Å². The Bertz CT molecular complexity index is 708. The quantitative estimate of drug-likeness (QED) is 0.865. The molecule has 128 valence electrons. The van der Waals surface area contributed by atoms with Crippen LogP contribution in [0, 0.1) is 0 Å². The van der Waals surface area contributed by atoms with E-state index >= 15 is 0 Å². The van der Waals surface area contributed by atoms with E-state index in [1.807, 2.05) is 18.2 Å². The molecule has 0 N–H and O–H groups in total. The number of amides is 1. The fourth-order valence-corrected chi connectivity index (χ4v) is 3.22. The van der Waals surface area contributed by atoms with E-state index < -0.39 is 0 Å². The standard InChI is InChI=1S/C19H25N3O2/c1-20(2)19(23)16-7-4-6-15(12-16)13-22-10-11-24-14-18(22)17-8-5-9-21(17)3/h4-9,12,18H,10-11,13-14H2,1-3H3/t18-/m0/s1. The summed E-state index contributed by atoms with van der Waals surface area (Å²) in [5.41, 5.74) is 3.15. The third kappa shape index (κ3) is 3.52. The molecule has 2 aromatic rings. The van der Waals surface area contributed by atoms with Crippen molar-refractivity contribution in [1.29, 1.82) is 0 Å². The Morgan fingerprint density at radius 2 is 2.12 bits per heavy atom. The van der Waals surface area contributed by atoms with Gasteiger partial charge < -0.3 is 14.2 Å². The largest absolute Gasteiger partial charge is 0.378 e. The molecule has 5 heteroatoms. The number of carbonyl (C=O) groups excluding carboxylic acids is 1. The molecule has 5 nitrogen and oxygen atoms in total. The highest BCUT2D eigenvalue weighted by Gasteiger charge is 2.26. The van der Waals surface area contributed by atoms with Gasteiger partial charge in [0, 0.05) is 51.7 Å². The molecule has 0 aliphatic carbocycles. The lowest BCUT2D eigenvalue weighted by atomic mass is 10.1. The van der Waals surface area contributed by atoms with E-state index in [1.54, 1.807) is 19.0 Å². The number of aromatic nitrogens is 1. The van der Waals surface area contributed by atoms with Crippen molar-refractivity contribution in [2.75, 3.05) is 33.9 Å². The summed E-state index contributed by atoms with van der Waals surface area (Å²) in [6.07, 6.45) is 2.07. The number of rotatable bonds is 4. The molecule has 0 spiro atoms. The highest BCUT2D eigenvalue weighted by molar-refractivity contribution is 5.94. The molecule has 1 fully saturated rings. The molecular formula is C19H25N3O2. The van der Waals surface area contributed by atoms with Crippen molar-refractivity contribution in [3.05, 3.63) is 59.4 Å². The number of hydrogen-bond donors (Lipinski definition) is 0. The molecule has 1 atom stereocenters. The summed E-state index contributed by atoms with van der Waals surface area (Å²) in [4.78, 5) is 16.2. The molecule has 24 heavy (non-hydrogen) atoms. The summed E-state index contributed by atoms with van der Waals surface area (Å²) in [6, 6.07) is 12.4. The lowest BCUT2D eigenvalue weighted by molar-refractivity contribution is -0.0152. The van der Waals surface area contributed by atoms with Gasteiger partial charge in [-0.25, -0.2) is 0 Å². The molecule has 1 saturated heterocycles. The van der Waals surface area contributed by atoms with Gasteiger partial charge in [0.2, 0.25) is 0 Å². The minimum Gasteiger partial charge on any atom is -0.378 e. The Balaban J connectivity index is 1.80. The number of aryl methyl sites for hydroxylation is 1. The second kappa shape index (κ2) is 7.20. The number of nitrogens with zero attached hydrogens (tertiary/aromatic N) is 3. The van der Waals surface area contributed by atoms with E-state index in [2.05, 4.69) is 40.9 Å². The topological polar surface area (TPSA) is 37.7 Å². The van der Waals surface area contributed by atoms with Gasteiger partial charge in [-0.1, -0.05) is 12.1 Å². The summed E-state index contributed by atoms with van der Waals surface area (Å²) in [6.45, 7) is 3.15. The molecule has 1 aromatic heterocycles. The average molecular weight is 327 g/mol.